The van der Waals surface area contributed by atoms with Crippen molar-refractivity contribution in [2.75, 3.05) is 0 Å². The molecule has 0 saturated heterocycles. The van der Waals surface area contributed by atoms with Crippen molar-refractivity contribution < 1.29 is 112 Å². The molecule has 296 valence electrons. The zero-order valence-electron chi connectivity index (χ0n) is 25.2. The zero-order chi connectivity index (χ0) is 42.3. The van der Waals surface area contributed by atoms with Crippen molar-refractivity contribution in [3.8, 4) is 51.0 Å². The summed E-state index contributed by atoms with van der Waals surface area (Å²) in [5.41, 5.74) is -14.2. The third kappa shape index (κ3) is 5.78. The van der Waals surface area contributed by atoms with Gasteiger partial charge in [0.15, 0.2) is 58.0 Å². The Hall–Kier alpha value is -6.43. The van der Waals surface area contributed by atoms with Gasteiger partial charge in [-0.05, 0) is 0 Å². The van der Waals surface area contributed by atoms with Crippen LogP contribution in [0.25, 0.3) is 22.3 Å². The minimum Gasteiger partial charge on any atom is -0.504 e. The maximum Gasteiger partial charge on any atom is 0.337 e. The first kappa shape index (κ1) is 40.7. The molecule has 0 radical (unpaired) electrons. The standard InChI is InChI=1S/C31H2F20O5/c32-6-4(7(33)11(37)14(40)10(6)36)1-3(31(53)54)2(5-8(34)12(38)15(41)13(39)9(5)35)27(55-28-22(48)18(44)16(42)19(45)23(28)49)30(26(1)52)56-29-24(50)20(46)17(43)21(47)25(29)51/h52H,(H,53,54). The van der Waals surface area contributed by atoms with Gasteiger partial charge in [-0.25, -0.2) is 75.0 Å². The fourth-order valence-electron chi connectivity index (χ4n) is 4.78. The Morgan fingerprint density at radius 1 is 0.304 bits per heavy atom. The van der Waals surface area contributed by atoms with Crippen molar-refractivity contribution in [1.29, 1.82) is 0 Å². The van der Waals surface area contributed by atoms with E-state index >= 15 is 17.6 Å². The highest BCUT2D eigenvalue weighted by atomic mass is 19.2. The monoisotopic (exact) mass is 834 g/mol. The fraction of sp³-hybridized carbons (Fsp3) is 0. The number of phenolic OH excluding ortho intramolecular Hbond substituents is 1. The van der Waals surface area contributed by atoms with Crippen LogP contribution in [0.15, 0.2) is 0 Å². The number of carbonyl (C=O) groups is 1. The summed E-state index contributed by atoms with van der Waals surface area (Å²) < 4.78 is 299. The molecule has 5 aromatic carbocycles. The summed E-state index contributed by atoms with van der Waals surface area (Å²) in [5.74, 6) is -81.4. The molecule has 0 aliphatic carbocycles. The van der Waals surface area contributed by atoms with Crippen LogP contribution in [0.3, 0.4) is 0 Å². The van der Waals surface area contributed by atoms with Gasteiger partial charge < -0.3 is 19.7 Å². The lowest BCUT2D eigenvalue weighted by atomic mass is 9.88. The average Bonchev–Trinajstić information content (AvgIpc) is 3.16. The lowest BCUT2D eigenvalue weighted by Gasteiger charge is -2.24. The number of carboxylic acid groups (broad SMARTS) is 1. The summed E-state index contributed by atoms with van der Waals surface area (Å²) in [6.45, 7) is 0. The summed E-state index contributed by atoms with van der Waals surface area (Å²) in [5, 5.41) is 21.1. The number of rotatable bonds is 7. The summed E-state index contributed by atoms with van der Waals surface area (Å²) in [7, 11) is 0. The number of phenols is 1. The molecule has 0 atom stereocenters. The van der Waals surface area contributed by atoms with E-state index in [1.165, 1.54) is 0 Å². The quantitative estimate of drug-likeness (QED) is 0.0970. The topological polar surface area (TPSA) is 76.0 Å². The number of benzene rings is 5. The minimum absolute atomic E-state index is 2.74. The van der Waals surface area contributed by atoms with Crippen LogP contribution in [-0.4, -0.2) is 16.2 Å². The van der Waals surface area contributed by atoms with E-state index in [2.05, 4.69) is 9.47 Å². The first-order valence-corrected chi connectivity index (χ1v) is 13.5. The molecule has 0 fully saturated rings. The van der Waals surface area contributed by atoms with Crippen LogP contribution in [0.2, 0.25) is 0 Å². The van der Waals surface area contributed by atoms with Crippen molar-refractivity contribution >= 4 is 5.97 Å². The molecular weight excluding hydrogens is 832 g/mol. The molecule has 5 aromatic rings. The summed E-state index contributed by atoms with van der Waals surface area (Å²) in [6.07, 6.45) is 0. The normalized spacial score (nSPS) is 11.4. The number of carboxylic acids is 1. The van der Waals surface area contributed by atoms with E-state index in [0.29, 0.717) is 0 Å². The summed E-state index contributed by atoms with van der Waals surface area (Å²) in [4.78, 5) is 12.7. The number of hydrogen-bond acceptors (Lipinski definition) is 4. The van der Waals surface area contributed by atoms with Gasteiger partial charge in [0.2, 0.25) is 87.1 Å². The van der Waals surface area contributed by atoms with E-state index in [9.17, 15) is 85.3 Å². The highest BCUT2D eigenvalue weighted by Gasteiger charge is 2.42. The van der Waals surface area contributed by atoms with E-state index in [-0.39, 0.29) is 0 Å². The molecule has 0 unspecified atom stereocenters. The average molecular weight is 834 g/mol. The molecule has 56 heavy (non-hydrogen) atoms. The molecule has 0 aromatic heterocycles. The third-order valence-corrected chi connectivity index (χ3v) is 7.27. The highest BCUT2D eigenvalue weighted by molar-refractivity contribution is 6.08. The number of ether oxygens (including phenoxy) is 2. The van der Waals surface area contributed by atoms with Crippen LogP contribution >= 0.6 is 0 Å². The lowest BCUT2D eigenvalue weighted by molar-refractivity contribution is 0.0697. The molecule has 0 aliphatic heterocycles. The lowest BCUT2D eigenvalue weighted by Crippen LogP contribution is -2.14. The predicted octanol–water partition coefficient (Wildman–Crippen LogP) is 10.8. The Balaban J connectivity index is 2.20. The Morgan fingerprint density at radius 2 is 0.536 bits per heavy atom. The van der Waals surface area contributed by atoms with Gasteiger partial charge in [-0.2, -0.15) is 17.6 Å². The molecule has 0 saturated carbocycles. The van der Waals surface area contributed by atoms with Crippen LogP contribution < -0.4 is 9.47 Å². The Kier molecular flexibility index (Phi) is 10.2. The number of aromatic hydroxyl groups is 1. The molecule has 5 rings (SSSR count). The Labute approximate surface area is 291 Å². The zero-order valence-corrected chi connectivity index (χ0v) is 25.2. The second kappa shape index (κ2) is 14.0. The summed E-state index contributed by atoms with van der Waals surface area (Å²) >= 11 is 0. The van der Waals surface area contributed by atoms with Crippen LogP contribution in [0.4, 0.5) is 87.8 Å². The molecule has 0 heterocycles. The number of aromatic carboxylic acids is 1. The summed E-state index contributed by atoms with van der Waals surface area (Å²) in [6, 6.07) is 0. The van der Waals surface area contributed by atoms with Crippen LogP contribution in [-0.2, 0) is 0 Å². The molecule has 0 amide bonds. The SMILES string of the molecule is O=C(O)c1c(-c2c(F)c(F)c(F)c(F)c2F)c(O)c(Oc2c(F)c(F)c(F)c(F)c2F)c(Oc2c(F)c(F)c(F)c(F)c2F)c1-c1c(F)c(F)c(F)c(F)c1F. The van der Waals surface area contributed by atoms with Crippen LogP contribution in [0.1, 0.15) is 10.4 Å². The van der Waals surface area contributed by atoms with Crippen LogP contribution in [0, 0.1) is 116 Å². The van der Waals surface area contributed by atoms with Gasteiger partial charge in [-0.3, -0.25) is 0 Å². The van der Waals surface area contributed by atoms with Gasteiger partial charge in [0.25, 0.3) is 0 Å². The second-order valence-electron chi connectivity index (χ2n) is 10.3. The number of hydrogen-bond donors (Lipinski definition) is 2. The van der Waals surface area contributed by atoms with Gasteiger partial charge in [-0.1, -0.05) is 0 Å². The van der Waals surface area contributed by atoms with Gasteiger partial charge >= 0.3 is 5.97 Å². The smallest absolute Gasteiger partial charge is 0.337 e. The van der Waals surface area contributed by atoms with E-state index in [1.807, 2.05) is 0 Å². The molecule has 2 N–H and O–H groups in total. The Morgan fingerprint density at radius 3 is 0.821 bits per heavy atom. The predicted molar refractivity (Wildman–Crippen MR) is 138 cm³/mol. The maximum atomic E-state index is 15.4. The van der Waals surface area contributed by atoms with Crippen molar-refractivity contribution in [3.05, 3.63) is 122 Å². The minimum atomic E-state index is -3.32. The second-order valence-corrected chi connectivity index (χ2v) is 10.3. The first-order chi connectivity index (χ1) is 25.9. The van der Waals surface area contributed by atoms with Gasteiger partial charge in [0.05, 0.1) is 16.7 Å². The van der Waals surface area contributed by atoms with Gasteiger partial charge in [-0.15, -0.1) is 0 Å². The first-order valence-electron chi connectivity index (χ1n) is 13.5. The highest BCUT2D eigenvalue weighted by Crippen LogP contribution is 2.58. The largest absolute Gasteiger partial charge is 0.504 e. The van der Waals surface area contributed by atoms with E-state index in [4.69, 9.17) is 0 Å². The van der Waals surface area contributed by atoms with Crippen molar-refractivity contribution in [3.63, 3.8) is 0 Å². The molecule has 0 bridgehead atoms. The van der Waals surface area contributed by atoms with Crippen molar-refractivity contribution in [2.45, 2.75) is 0 Å². The van der Waals surface area contributed by atoms with Gasteiger partial charge in [0, 0.05) is 11.1 Å². The molecule has 5 nitrogen and oxygen atoms in total. The molecule has 0 aliphatic rings. The molecular formula is C31H2F20O5. The van der Waals surface area contributed by atoms with E-state index < -0.39 is 179 Å². The molecule has 0 spiro atoms. The number of halogens is 20. The fourth-order valence-corrected chi connectivity index (χ4v) is 4.78. The van der Waals surface area contributed by atoms with Gasteiger partial charge in [0.1, 0.15) is 0 Å². The maximum absolute atomic E-state index is 15.4. The van der Waals surface area contributed by atoms with E-state index in [0.717, 1.165) is 0 Å². The Bertz CT molecular complexity index is 2480. The van der Waals surface area contributed by atoms with E-state index in [1.54, 1.807) is 0 Å². The van der Waals surface area contributed by atoms with Crippen molar-refractivity contribution in [2.24, 2.45) is 0 Å². The van der Waals surface area contributed by atoms with Crippen LogP contribution in [0.5, 0.6) is 28.7 Å². The van der Waals surface area contributed by atoms with Crippen molar-refractivity contribution in [1.82, 2.24) is 0 Å². The third-order valence-electron chi connectivity index (χ3n) is 7.27. The molecule has 25 heteroatoms.